The number of rotatable bonds is 5. The van der Waals surface area contributed by atoms with Gasteiger partial charge in [-0.15, -0.1) is 0 Å². The lowest BCUT2D eigenvalue weighted by atomic mass is 9.90. The van der Waals surface area contributed by atoms with Gasteiger partial charge in [-0.1, -0.05) is 5.16 Å². The molecule has 1 aliphatic rings. The monoisotopic (exact) mass is 292 g/mol. The van der Waals surface area contributed by atoms with Crippen LogP contribution < -0.4 is 4.74 Å². The first-order valence-corrected chi connectivity index (χ1v) is 7.18. The summed E-state index contributed by atoms with van der Waals surface area (Å²) in [4.78, 5) is 7.46. The molecule has 116 valence electrons. The first kappa shape index (κ1) is 15.8. The van der Waals surface area contributed by atoms with Crippen LogP contribution in [-0.2, 0) is 9.57 Å². The molecule has 1 heterocycles. The third-order valence-electron chi connectivity index (χ3n) is 3.93. The highest BCUT2D eigenvalue weighted by molar-refractivity contribution is 6.06. The summed E-state index contributed by atoms with van der Waals surface area (Å²) in [7, 11) is 3.25. The molecule has 5 heteroatoms. The first-order valence-electron chi connectivity index (χ1n) is 7.18. The number of benzene rings is 1. The molecular weight excluding hydrogens is 268 g/mol. The van der Waals surface area contributed by atoms with Gasteiger partial charge in [-0.25, -0.2) is 0 Å². The predicted molar refractivity (Wildman–Crippen MR) is 83.0 cm³/mol. The largest absolute Gasteiger partial charge is 0.497 e. The van der Waals surface area contributed by atoms with Gasteiger partial charge in [0.1, 0.15) is 18.6 Å². The fourth-order valence-electron chi connectivity index (χ4n) is 2.63. The zero-order valence-electron chi connectivity index (χ0n) is 13.3. The lowest BCUT2D eigenvalue weighted by Crippen LogP contribution is -2.54. The standard InChI is InChI=1S/C16H24N2O3/c1-16(2,18-9-11-21-12-10-18)15(17-20-4)13-5-7-14(19-3)8-6-13/h5-8H,9-12H2,1-4H3/b17-15+. The van der Waals surface area contributed by atoms with Crippen molar-refractivity contribution in [1.29, 1.82) is 0 Å². The Morgan fingerprint density at radius 2 is 1.76 bits per heavy atom. The average Bonchev–Trinajstić information content (AvgIpc) is 2.53. The van der Waals surface area contributed by atoms with E-state index >= 15 is 0 Å². The van der Waals surface area contributed by atoms with Gasteiger partial charge in [0.05, 0.1) is 25.9 Å². The van der Waals surface area contributed by atoms with E-state index in [-0.39, 0.29) is 5.54 Å². The van der Waals surface area contributed by atoms with E-state index < -0.39 is 0 Å². The maximum atomic E-state index is 5.44. The quantitative estimate of drug-likeness (QED) is 0.616. The third kappa shape index (κ3) is 3.54. The molecule has 2 rings (SSSR count). The minimum absolute atomic E-state index is 0.228. The Morgan fingerprint density at radius 3 is 2.29 bits per heavy atom. The van der Waals surface area contributed by atoms with Crippen molar-refractivity contribution >= 4 is 5.71 Å². The summed E-state index contributed by atoms with van der Waals surface area (Å²) in [5, 5.41) is 4.29. The van der Waals surface area contributed by atoms with Gasteiger partial charge in [0.25, 0.3) is 0 Å². The molecule has 1 saturated heterocycles. The second kappa shape index (κ2) is 6.91. The molecule has 1 aromatic carbocycles. The van der Waals surface area contributed by atoms with Crippen LogP contribution in [0.3, 0.4) is 0 Å². The number of morpholine rings is 1. The summed E-state index contributed by atoms with van der Waals surface area (Å²) in [5.41, 5.74) is 1.72. The van der Waals surface area contributed by atoms with Gasteiger partial charge < -0.3 is 14.3 Å². The van der Waals surface area contributed by atoms with Crippen LogP contribution in [0.4, 0.5) is 0 Å². The number of ether oxygens (including phenoxy) is 2. The van der Waals surface area contributed by atoms with Crippen molar-refractivity contribution in [2.24, 2.45) is 5.16 Å². The maximum Gasteiger partial charge on any atom is 0.118 e. The lowest BCUT2D eigenvalue weighted by molar-refractivity contribution is 0.00922. The lowest BCUT2D eigenvalue weighted by Gasteiger charge is -2.41. The molecule has 0 spiro atoms. The zero-order chi connectivity index (χ0) is 15.3. The van der Waals surface area contributed by atoms with Crippen molar-refractivity contribution in [3.05, 3.63) is 29.8 Å². The Morgan fingerprint density at radius 1 is 1.14 bits per heavy atom. The van der Waals surface area contributed by atoms with Gasteiger partial charge in [-0.2, -0.15) is 0 Å². The van der Waals surface area contributed by atoms with E-state index in [1.165, 1.54) is 0 Å². The predicted octanol–water partition coefficient (Wildman–Crippen LogP) is 2.16. The normalized spacial score (nSPS) is 17.6. The van der Waals surface area contributed by atoms with Crippen LogP contribution in [0.15, 0.2) is 29.4 Å². The van der Waals surface area contributed by atoms with Crippen LogP contribution in [-0.4, -0.2) is 56.7 Å². The van der Waals surface area contributed by atoms with E-state index in [4.69, 9.17) is 14.3 Å². The molecule has 0 atom stereocenters. The molecule has 0 N–H and O–H groups in total. The van der Waals surface area contributed by atoms with Gasteiger partial charge in [0.15, 0.2) is 0 Å². The van der Waals surface area contributed by atoms with Crippen LogP contribution in [0.1, 0.15) is 19.4 Å². The van der Waals surface area contributed by atoms with Crippen LogP contribution in [0.25, 0.3) is 0 Å². The van der Waals surface area contributed by atoms with E-state index in [0.29, 0.717) is 0 Å². The second-order valence-electron chi connectivity index (χ2n) is 5.51. The van der Waals surface area contributed by atoms with Gasteiger partial charge in [0, 0.05) is 18.7 Å². The molecule has 1 aromatic rings. The molecule has 0 saturated carbocycles. The van der Waals surface area contributed by atoms with Crippen molar-refractivity contribution in [2.75, 3.05) is 40.5 Å². The fraction of sp³-hybridized carbons (Fsp3) is 0.562. The van der Waals surface area contributed by atoms with E-state index in [0.717, 1.165) is 43.3 Å². The van der Waals surface area contributed by atoms with E-state index in [9.17, 15) is 0 Å². The minimum Gasteiger partial charge on any atom is -0.497 e. The number of methoxy groups -OCH3 is 1. The van der Waals surface area contributed by atoms with Crippen LogP contribution in [0.2, 0.25) is 0 Å². The Balaban J connectivity index is 2.30. The minimum atomic E-state index is -0.228. The van der Waals surface area contributed by atoms with Crippen LogP contribution in [0, 0.1) is 0 Å². The molecule has 0 amide bonds. The highest BCUT2D eigenvalue weighted by atomic mass is 16.6. The van der Waals surface area contributed by atoms with Crippen LogP contribution >= 0.6 is 0 Å². The van der Waals surface area contributed by atoms with Gasteiger partial charge >= 0.3 is 0 Å². The van der Waals surface area contributed by atoms with E-state index in [1.54, 1.807) is 14.2 Å². The maximum absolute atomic E-state index is 5.44. The number of hydrogen-bond donors (Lipinski definition) is 0. The Labute approximate surface area is 126 Å². The average molecular weight is 292 g/mol. The first-order chi connectivity index (χ1) is 10.1. The van der Waals surface area contributed by atoms with Crippen LogP contribution in [0.5, 0.6) is 5.75 Å². The summed E-state index contributed by atoms with van der Waals surface area (Å²) in [6.45, 7) is 7.64. The second-order valence-corrected chi connectivity index (χ2v) is 5.51. The molecule has 1 aliphatic heterocycles. The van der Waals surface area contributed by atoms with E-state index in [1.807, 2.05) is 24.3 Å². The summed E-state index contributed by atoms with van der Waals surface area (Å²) < 4.78 is 10.7. The highest BCUT2D eigenvalue weighted by Crippen LogP contribution is 2.24. The van der Waals surface area contributed by atoms with Gasteiger partial charge in [-0.05, 0) is 38.1 Å². The molecule has 0 aliphatic carbocycles. The van der Waals surface area contributed by atoms with Crippen molar-refractivity contribution in [1.82, 2.24) is 4.90 Å². The number of nitrogens with zero attached hydrogens (tertiary/aromatic N) is 2. The van der Waals surface area contributed by atoms with Crippen molar-refractivity contribution in [3.8, 4) is 5.75 Å². The Bertz CT molecular complexity index is 477. The molecule has 0 aromatic heterocycles. The molecular formula is C16H24N2O3. The van der Waals surface area contributed by atoms with E-state index in [2.05, 4.69) is 23.9 Å². The SMILES string of the molecule is CO/N=C(\c1ccc(OC)cc1)C(C)(C)N1CCOCC1. The number of oxime groups is 1. The van der Waals surface area contributed by atoms with Gasteiger partial charge in [0.2, 0.25) is 0 Å². The summed E-state index contributed by atoms with van der Waals surface area (Å²) in [5.74, 6) is 0.833. The number of hydrogen-bond acceptors (Lipinski definition) is 5. The van der Waals surface area contributed by atoms with Gasteiger partial charge in [-0.3, -0.25) is 4.90 Å². The topological polar surface area (TPSA) is 43.3 Å². The summed E-state index contributed by atoms with van der Waals surface area (Å²) in [6.07, 6.45) is 0. The molecule has 5 nitrogen and oxygen atoms in total. The molecule has 21 heavy (non-hydrogen) atoms. The summed E-state index contributed by atoms with van der Waals surface area (Å²) in [6, 6.07) is 7.91. The third-order valence-corrected chi connectivity index (χ3v) is 3.93. The Kier molecular flexibility index (Phi) is 5.20. The summed E-state index contributed by atoms with van der Waals surface area (Å²) >= 11 is 0. The van der Waals surface area contributed by atoms with Crippen molar-refractivity contribution < 1.29 is 14.3 Å². The Hall–Kier alpha value is -1.59. The van der Waals surface area contributed by atoms with Crippen molar-refractivity contribution in [2.45, 2.75) is 19.4 Å². The molecule has 1 fully saturated rings. The molecule has 0 unspecified atom stereocenters. The zero-order valence-corrected chi connectivity index (χ0v) is 13.3. The smallest absolute Gasteiger partial charge is 0.118 e. The highest BCUT2D eigenvalue weighted by Gasteiger charge is 2.34. The fourth-order valence-corrected chi connectivity index (χ4v) is 2.63. The molecule has 0 radical (unpaired) electrons. The molecule has 0 bridgehead atoms. The van der Waals surface area contributed by atoms with Crippen molar-refractivity contribution in [3.63, 3.8) is 0 Å².